The second kappa shape index (κ2) is 7.54. The molecule has 146 valence electrons. The van der Waals surface area contributed by atoms with Gasteiger partial charge in [-0.05, 0) is 58.7 Å². The van der Waals surface area contributed by atoms with E-state index in [1.54, 1.807) is 11.0 Å². The normalized spacial score (nSPS) is 15.8. The quantitative estimate of drug-likeness (QED) is 0.744. The van der Waals surface area contributed by atoms with Gasteiger partial charge in [0.05, 0.1) is 5.56 Å². The highest BCUT2D eigenvalue weighted by Gasteiger charge is 2.28. The highest BCUT2D eigenvalue weighted by Crippen LogP contribution is 2.30. The maximum absolute atomic E-state index is 12.8. The molecule has 6 nitrogen and oxygen atoms in total. The molecule has 7 heteroatoms. The third kappa shape index (κ3) is 4.64. The Balaban J connectivity index is 1.62. The van der Waals surface area contributed by atoms with Crippen molar-refractivity contribution in [3.05, 3.63) is 34.0 Å². The summed E-state index contributed by atoms with van der Waals surface area (Å²) in [6.45, 7) is 8.55. The zero-order valence-corrected chi connectivity index (χ0v) is 17.7. The minimum absolute atomic E-state index is 0.0194. The van der Waals surface area contributed by atoms with Gasteiger partial charge in [-0.15, -0.1) is 0 Å². The maximum atomic E-state index is 12.8. The number of amides is 2. The van der Waals surface area contributed by atoms with Crippen molar-refractivity contribution in [2.24, 2.45) is 0 Å². The summed E-state index contributed by atoms with van der Waals surface area (Å²) in [6.07, 6.45) is 1.09. The van der Waals surface area contributed by atoms with Crippen LogP contribution in [0.15, 0.2) is 27.1 Å². The Morgan fingerprint density at radius 1 is 1.26 bits per heavy atom. The molecule has 0 atom stereocenters. The summed E-state index contributed by atoms with van der Waals surface area (Å²) < 4.78 is 12.0. The molecule has 0 unspecified atom stereocenters. The molecule has 27 heavy (non-hydrogen) atoms. The van der Waals surface area contributed by atoms with Crippen LogP contribution in [0.25, 0.3) is 11.0 Å². The summed E-state index contributed by atoms with van der Waals surface area (Å²) in [7, 11) is 0. The number of ether oxygens (including phenoxy) is 1. The summed E-state index contributed by atoms with van der Waals surface area (Å²) in [5.41, 5.74) is 0.609. The SMILES string of the molecule is Cc1cc2c(Br)ccc(C(=O)NC3CCN(C(=O)OC(C)(C)C)CC3)c2o1. The zero-order valence-electron chi connectivity index (χ0n) is 16.1. The standard InChI is InChI=1S/C20H25BrN2O4/c1-12-11-15-16(21)6-5-14(17(15)26-12)18(24)22-13-7-9-23(10-8-13)19(25)27-20(2,3)4/h5-6,11,13H,7-10H2,1-4H3,(H,22,24). The van der Waals surface area contributed by atoms with Crippen LogP contribution < -0.4 is 5.32 Å². The molecule has 1 aliphatic heterocycles. The average molecular weight is 437 g/mol. The lowest BCUT2D eigenvalue weighted by molar-refractivity contribution is 0.0199. The van der Waals surface area contributed by atoms with Gasteiger partial charge in [0.2, 0.25) is 0 Å². The fraction of sp³-hybridized carbons (Fsp3) is 0.500. The lowest BCUT2D eigenvalue weighted by Gasteiger charge is -2.33. The Morgan fingerprint density at radius 2 is 1.93 bits per heavy atom. The van der Waals surface area contributed by atoms with Gasteiger partial charge in [0.15, 0.2) is 0 Å². The largest absolute Gasteiger partial charge is 0.460 e. The number of fused-ring (bicyclic) bond motifs is 1. The van der Waals surface area contributed by atoms with E-state index >= 15 is 0 Å². The summed E-state index contributed by atoms with van der Waals surface area (Å²) >= 11 is 3.49. The lowest BCUT2D eigenvalue weighted by Crippen LogP contribution is -2.47. The number of furan rings is 1. The number of carbonyl (C=O) groups excluding carboxylic acids is 2. The Kier molecular flexibility index (Phi) is 5.51. The number of rotatable bonds is 2. The van der Waals surface area contributed by atoms with Crippen molar-refractivity contribution in [3.63, 3.8) is 0 Å². The zero-order chi connectivity index (χ0) is 19.8. The third-order valence-electron chi connectivity index (χ3n) is 4.48. The van der Waals surface area contributed by atoms with E-state index in [1.165, 1.54) is 0 Å². The number of halogens is 1. The van der Waals surface area contributed by atoms with Crippen LogP contribution in [0.3, 0.4) is 0 Å². The maximum Gasteiger partial charge on any atom is 0.410 e. The van der Waals surface area contributed by atoms with Crippen LogP contribution in [0.4, 0.5) is 4.79 Å². The number of hydrogen-bond acceptors (Lipinski definition) is 4. The number of aryl methyl sites for hydroxylation is 1. The van der Waals surface area contributed by atoms with Crippen LogP contribution in [0.1, 0.15) is 49.7 Å². The minimum atomic E-state index is -0.504. The fourth-order valence-electron chi connectivity index (χ4n) is 3.19. The molecular weight excluding hydrogens is 412 g/mol. The molecule has 3 rings (SSSR count). The van der Waals surface area contributed by atoms with E-state index in [0.29, 0.717) is 37.1 Å². The van der Waals surface area contributed by atoms with Crippen LogP contribution in [0, 0.1) is 6.92 Å². The molecule has 0 aliphatic carbocycles. The number of nitrogens with zero attached hydrogens (tertiary/aromatic N) is 1. The molecule has 1 aromatic carbocycles. The van der Waals surface area contributed by atoms with Crippen molar-refractivity contribution < 1.29 is 18.7 Å². The molecule has 1 aliphatic rings. The summed E-state index contributed by atoms with van der Waals surface area (Å²) in [5, 5.41) is 3.96. The van der Waals surface area contributed by atoms with E-state index in [4.69, 9.17) is 9.15 Å². The molecule has 1 fully saturated rings. The number of nitrogens with one attached hydrogen (secondary N) is 1. The van der Waals surface area contributed by atoms with Gasteiger partial charge in [-0.3, -0.25) is 4.79 Å². The van der Waals surface area contributed by atoms with Gasteiger partial charge < -0.3 is 19.4 Å². The highest BCUT2D eigenvalue weighted by molar-refractivity contribution is 9.10. The molecule has 0 bridgehead atoms. The lowest BCUT2D eigenvalue weighted by atomic mass is 10.0. The molecule has 0 saturated carbocycles. The third-order valence-corrected chi connectivity index (χ3v) is 5.17. The predicted octanol–water partition coefficient (Wildman–Crippen LogP) is 4.63. The van der Waals surface area contributed by atoms with Crippen molar-refractivity contribution in [3.8, 4) is 0 Å². The van der Waals surface area contributed by atoms with Crippen LogP contribution >= 0.6 is 15.9 Å². The highest BCUT2D eigenvalue weighted by atomic mass is 79.9. The molecular formula is C20H25BrN2O4. The van der Waals surface area contributed by atoms with E-state index in [2.05, 4.69) is 21.2 Å². The van der Waals surface area contributed by atoms with Gasteiger partial charge in [0.25, 0.3) is 5.91 Å². The van der Waals surface area contributed by atoms with E-state index in [0.717, 1.165) is 15.6 Å². The number of benzene rings is 1. The van der Waals surface area contributed by atoms with Crippen molar-refractivity contribution >= 4 is 38.9 Å². The summed E-state index contributed by atoms with van der Waals surface area (Å²) in [6, 6.07) is 5.55. The number of carbonyl (C=O) groups is 2. The summed E-state index contributed by atoms with van der Waals surface area (Å²) in [4.78, 5) is 26.6. The molecule has 1 saturated heterocycles. The van der Waals surface area contributed by atoms with E-state index < -0.39 is 5.60 Å². The Bertz CT molecular complexity index is 861. The Labute approximate surface area is 167 Å². The summed E-state index contributed by atoms with van der Waals surface area (Å²) in [5.74, 6) is 0.606. The van der Waals surface area contributed by atoms with E-state index in [1.807, 2.05) is 39.8 Å². The van der Waals surface area contributed by atoms with Crippen LogP contribution in [-0.2, 0) is 4.74 Å². The molecule has 2 aromatic rings. The minimum Gasteiger partial charge on any atom is -0.460 e. The smallest absolute Gasteiger partial charge is 0.410 e. The monoisotopic (exact) mass is 436 g/mol. The van der Waals surface area contributed by atoms with E-state index in [-0.39, 0.29) is 18.0 Å². The predicted molar refractivity (Wildman–Crippen MR) is 107 cm³/mol. The number of hydrogen-bond donors (Lipinski definition) is 1. The van der Waals surface area contributed by atoms with Crippen molar-refractivity contribution in [2.75, 3.05) is 13.1 Å². The second-order valence-corrected chi connectivity index (χ2v) is 8.76. The molecule has 1 aromatic heterocycles. The molecule has 1 N–H and O–H groups in total. The van der Waals surface area contributed by atoms with Crippen LogP contribution in [-0.4, -0.2) is 41.6 Å². The van der Waals surface area contributed by atoms with Gasteiger partial charge in [-0.25, -0.2) is 4.79 Å². The Hall–Kier alpha value is -2.02. The topological polar surface area (TPSA) is 71.8 Å². The average Bonchev–Trinajstić information content (AvgIpc) is 2.96. The van der Waals surface area contributed by atoms with Gasteiger partial charge in [-0.1, -0.05) is 15.9 Å². The molecule has 2 heterocycles. The van der Waals surface area contributed by atoms with Gasteiger partial charge >= 0.3 is 6.09 Å². The van der Waals surface area contributed by atoms with Crippen LogP contribution in [0.2, 0.25) is 0 Å². The van der Waals surface area contributed by atoms with Crippen molar-refractivity contribution in [2.45, 2.75) is 52.2 Å². The fourth-order valence-corrected chi connectivity index (χ4v) is 3.62. The van der Waals surface area contributed by atoms with Gasteiger partial charge in [0, 0.05) is 29.0 Å². The molecule has 0 spiro atoms. The van der Waals surface area contributed by atoms with E-state index in [9.17, 15) is 9.59 Å². The number of likely N-dealkylation sites (tertiary alicyclic amines) is 1. The van der Waals surface area contributed by atoms with Gasteiger partial charge in [0.1, 0.15) is 16.9 Å². The van der Waals surface area contributed by atoms with Gasteiger partial charge in [-0.2, -0.15) is 0 Å². The van der Waals surface area contributed by atoms with Crippen molar-refractivity contribution in [1.29, 1.82) is 0 Å². The first-order valence-electron chi connectivity index (χ1n) is 9.11. The van der Waals surface area contributed by atoms with Crippen LogP contribution in [0.5, 0.6) is 0 Å². The van der Waals surface area contributed by atoms with Crippen molar-refractivity contribution in [1.82, 2.24) is 10.2 Å². The number of piperidine rings is 1. The molecule has 0 radical (unpaired) electrons. The first kappa shape index (κ1) is 19.7. The Morgan fingerprint density at radius 3 is 2.56 bits per heavy atom. The second-order valence-electron chi connectivity index (χ2n) is 7.91. The molecule has 2 amide bonds. The first-order chi connectivity index (χ1) is 12.6. The first-order valence-corrected chi connectivity index (χ1v) is 9.91.